The van der Waals surface area contributed by atoms with Crippen LogP contribution in [0.2, 0.25) is 0 Å². The number of carbonyl (C=O) groups excluding carboxylic acids is 1. The van der Waals surface area contributed by atoms with Gasteiger partial charge in [0, 0.05) is 11.6 Å². The first kappa shape index (κ1) is 15.3. The van der Waals surface area contributed by atoms with Gasteiger partial charge in [-0.05, 0) is 26.2 Å². The number of carboxylic acids is 1. The van der Waals surface area contributed by atoms with E-state index in [0.29, 0.717) is 36.3 Å². The molecule has 1 amide bonds. The van der Waals surface area contributed by atoms with E-state index in [1.807, 2.05) is 30.3 Å². The fourth-order valence-electron chi connectivity index (χ4n) is 3.03. The lowest BCUT2D eigenvalue weighted by atomic mass is 10.0. The molecule has 0 aliphatic heterocycles. The van der Waals surface area contributed by atoms with Gasteiger partial charge < -0.3 is 14.9 Å². The molecule has 1 fully saturated rings. The number of rotatable bonds is 4. The molecule has 23 heavy (non-hydrogen) atoms. The van der Waals surface area contributed by atoms with E-state index in [9.17, 15) is 9.59 Å². The Morgan fingerprint density at radius 2 is 2.00 bits per heavy atom. The summed E-state index contributed by atoms with van der Waals surface area (Å²) in [5.74, 6) is -0.988. The number of carbonyl (C=O) groups is 2. The van der Waals surface area contributed by atoms with Crippen molar-refractivity contribution in [1.29, 1.82) is 0 Å². The molecule has 0 spiro atoms. The van der Waals surface area contributed by atoms with Gasteiger partial charge in [0.15, 0.2) is 0 Å². The Morgan fingerprint density at radius 1 is 1.26 bits per heavy atom. The van der Waals surface area contributed by atoms with Crippen LogP contribution in [-0.4, -0.2) is 28.2 Å². The van der Waals surface area contributed by atoms with E-state index in [1.54, 1.807) is 6.92 Å². The van der Waals surface area contributed by atoms with E-state index in [0.717, 1.165) is 5.56 Å². The molecule has 120 valence electrons. The molecule has 0 unspecified atom stereocenters. The van der Waals surface area contributed by atoms with Crippen LogP contribution >= 0.6 is 0 Å². The van der Waals surface area contributed by atoms with E-state index < -0.39 is 5.97 Å². The summed E-state index contributed by atoms with van der Waals surface area (Å²) < 4.78 is 5.19. The minimum Gasteiger partial charge on any atom is -0.481 e. The van der Waals surface area contributed by atoms with Gasteiger partial charge in [-0.25, -0.2) is 0 Å². The molecule has 2 N–H and O–H groups in total. The third-order valence-electron chi connectivity index (χ3n) is 4.25. The predicted molar refractivity (Wildman–Crippen MR) is 82.9 cm³/mol. The Kier molecular flexibility index (Phi) is 4.14. The predicted octanol–water partition coefficient (Wildman–Crippen LogP) is 2.63. The number of hydrogen-bond acceptors (Lipinski definition) is 4. The normalized spacial score (nSPS) is 20.4. The molecule has 1 heterocycles. The zero-order valence-corrected chi connectivity index (χ0v) is 12.8. The summed E-state index contributed by atoms with van der Waals surface area (Å²) in [5, 5.41) is 16.0. The van der Waals surface area contributed by atoms with Gasteiger partial charge in [-0.3, -0.25) is 9.59 Å². The van der Waals surface area contributed by atoms with Crippen LogP contribution in [0.3, 0.4) is 0 Å². The molecule has 0 radical (unpaired) electrons. The van der Waals surface area contributed by atoms with E-state index in [4.69, 9.17) is 9.63 Å². The van der Waals surface area contributed by atoms with Gasteiger partial charge in [-0.2, -0.15) is 0 Å². The molecule has 3 rings (SSSR count). The Morgan fingerprint density at radius 3 is 2.65 bits per heavy atom. The lowest BCUT2D eigenvalue weighted by Crippen LogP contribution is -2.33. The third-order valence-corrected chi connectivity index (χ3v) is 4.25. The molecule has 2 aromatic rings. The van der Waals surface area contributed by atoms with Crippen LogP contribution in [0.25, 0.3) is 11.3 Å². The Bertz CT molecular complexity index is 723. The van der Waals surface area contributed by atoms with Crippen LogP contribution in [0.4, 0.5) is 0 Å². The molecular weight excluding hydrogens is 296 g/mol. The second-order valence-corrected chi connectivity index (χ2v) is 5.85. The lowest BCUT2D eigenvalue weighted by molar-refractivity contribution is -0.141. The molecule has 0 bridgehead atoms. The second kappa shape index (κ2) is 6.24. The van der Waals surface area contributed by atoms with Gasteiger partial charge in [0.05, 0.1) is 5.92 Å². The van der Waals surface area contributed by atoms with E-state index in [1.165, 1.54) is 0 Å². The van der Waals surface area contributed by atoms with Crippen molar-refractivity contribution in [3.63, 3.8) is 0 Å². The molecule has 2 atom stereocenters. The first-order chi connectivity index (χ1) is 11.1. The zero-order valence-electron chi connectivity index (χ0n) is 12.8. The number of nitrogens with zero attached hydrogens (tertiary/aromatic N) is 1. The topological polar surface area (TPSA) is 92.4 Å². The standard InChI is InChI=1S/C17H18N2O4/c1-10-14(15(19-23-10)11-5-3-2-4-6-11)16(20)18-13-8-7-12(9-13)17(21)22/h2-6,12-13H,7-9H2,1H3,(H,18,20)(H,21,22)/t12-,13+/m1/s1. The highest BCUT2D eigenvalue weighted by Gasteiger charge is 2.32. The molecule has 1 aliphatic carbocycles. The van der Waals surface area contributed by atoms with Crippen molar-refractivity contribution in [3.05, 3.63) is 41.7 Å². The molecule has 6 nitrogen and oxygen atoms in total. The highest BCUT2D eigenvalue weighted by molar-refractivity contribution is 6.01. The summed E-state index contributed by atoms with van der Waals surface area (Å²) >= 11 is 0. The summed E-state index contributed by atoms with van der Waals surface area (Å²) in [5.41, 5.74) is 1.73. The first-order valence-corrected chi connectivity index (χ1v) is 7.61. The van der Waals surface area contributed by atoms with Crippen LogP contribution in [0.15, 0.2) is 34.9 Å². The molecule has 1 aliphatic rings. The summed E-state index contributed by atoms with van der Waals surface area (Å²) in [6.07, 6.45) is 1.73. The number of hydrogen-bond donors (Lipinski definition) is 2. The summed E-state index contributed by atoms with van der Waals surface area (Å²) in [6.45, 7) is 1.70. The molecule has 0 saturated heterocycles. The van der Waals surface area contributed by atoms with E-state index in [-0.39, 0.29) is 17.9 Å². The number of amides is 1. The maximum Gasteiger partial charge on any atom is 0.306 e. The van der Waals surface area contributed by atoms with E-state index >= 15 is 0 Å². The Balaban J connectivity index is 1.78. The van der Waals surface area contributed by atoms with Crippen LogP contribution in [0.5, 0.6) is 0 Å². The molecule has 1 aromatic heterocycles. The van der Waals surface area contributed by atoms with Crippen LogP contribution in [-0.2, 0) is 4.79 Å². The van der Waals surface area contributed by atoms with Crippen molar-refractivity contribution >= 4 is 11.9 Å². The minimum absolute atomic E-state index is 0.124. The Labute approximate surface area is 133 Å². The summed E-state index contributed by atoms with van der Waals surface area (Å²) in [4.78, 5) is 23.6. The van der Waals surface area contributed by atoms with E-state index in [2.05, 4.69) is 10.5 Å². The fraction of sp³-hybridized carbons (Fsp3) is 0.353. The van der Waals surface area contributed by atoms with Gasteiger partial charge in [-0.1, -0.05) is 35.5 Å². The fourth-order valence-corrected chi connectivity index (χ4v) is 3.03. The van der Waals surface area contributed by atoms with Gasteiger partial charge in [-0.15, -0.1) is 0 Å². The maximum atomic E-state index is 12.6. The first-order valence-electron chi connectivity index (χ1n) is 7.61. The average Bonchev–Trinajstić information content (AvgIpc) is 3.15. The third kappa shape index (κ3) is 3.11. The van der Waals surface area contributed by atoms with Crippen molar-refractivity contribution in [1.82, 2.24) is 10.5 Å². The highest BCUT2D eigenvalue weighted by atomic mass is 16.5. The summed E-state index contributed by atoms with van der Waals surface area (Å²) in [7, 11) is 0. The van der Waals surface area contributed by atoms with Crippen LogP contribution in [0, 0.1) is 12.8 Å². The average molecular weight is 314 g/mol. The number of aliphatic carboxylic acids is 1. The number of aromatic nitrogens is 1. The number of benzene rings is 1. The SMILES string of the molecule is Cc1onc(-c2ccccc2)c1C(=O)N[C@H]1CC[C@@H](C(=O)O)C1. The van der Waals surface area contributed by atoms with Crippen molar-refractivity contribution in [2.75, 3.05) is 0 Å². The largest absolute Gasteiger partial charge is 0.481 e. The van der Waals surface area contributed by atoms with Crippen LogP contribution in [0.1, 0.15) is 35.4 Å². The zero-order chi connectivity index (χ0) is 16.4. The van der Waals surface area contributed by atoms with Gasteiger partial charge in [0.1, 0.15) is 17.0 Å². The van der Waals surface area contributed by atoms with Crippen molar-refractivity contribution in [3.8, 4) is 11.3 Å². The molecule has 1 aromatic carbocycles. The maximum absolute atomic E-state index is 12.6. The summed E-state index contributed by atoms with van der Waals surface area (Å²) in [6, 6.07) is 9.24. The Hall–Kier alpha value is -2.63. The highest BCUT2D eigenvalue weighted by Crippen LogP contribution is 2.28. The van der Waals surface area contributed by atoms with Crippen molar-refractivity contribution in [2.45, 2.75) is 32.2 Å². The minimum atomic E-state index is -0.798. The smallest absolute Gasteiger partial charge is 0.306 e. The molecule has 1 saturated carbocycles. The monoisotopic (exact) mass is 314 g/mol. The number of aryl methyl sites for hydroxylation is 1. The van der Waals surface area contributed by atoms with Crippen molar-refractivity contribution in [2.24, 2.45) is 5.92 Å². The van der Waals surface area contributed by atoms with Gasteiger partial charge in [0.25, 0.3) is 5.91 Å². The second-order valence-electron chi connectivity index (χ2n) is 5.85. The van der Waals surface area contributed by atoms with Crippen molar-refractivity contribution < 1.29 is 19.2 Å². The number of carboxylic acid groups (broad SMARTS) is 1. The van der Waals surface area contributed by atoms with Gasteiger partial charge in [0.2, 0.25) is 0 Å². The number of nitrogens with one attached hydrogen (secondary N) is 1. The molecular formula is C17H18N2O4. The quantitative estimate of drug-likeness (QED) is 0.905. The lowest BCUT2D eigenvalue weighted by Gasteiger charge is -2.12. The van der Waals surface area contributed by atoms with Crippen LogP contribution < -0.4 is 5.32 Å². The molecule has 6 heteroatoms. The van der Waals surface area contributed by atoms with Gasteiger partial charge >= 0.3 is 5.97 Å².